The standard InChI is InChI=1S/C15H19N3O4S/c1-2-22-14(21)10-3-5-17(6-4-10)12(19)11-9-16-15-18(13(11)20)7-8-23-15/h9-10H,2-8H2,1H3. The van der Waals surface area contributed by atoms with E-state index in [-0.39, 0.29) is 28.9 Å². The minimum Gasteiger partial charge on any atom is -0.466 e. The van der Waals surface area contributed by atoms with Crippen LogP contribution >= 0.6 is 11.8 Å². The molecule has 0 saturated carbocycles. The molecular formula is C15H19N3O4S. The van der Waals surface area contributed by atoms with Crippen LogP contribution in [0, 0.1) is 5.92 Å². The first-order valence-electron chi connectivity index (χ1n) is 7.80. The molecule has 3 rings (SSSR count). The molecule has 0 atom stereocenters. The Bertz CT molecular complexity index is 680. The molecule has 1 aromatic rings. The number of thioether (sulfide) groups is 1. The molecular weight excluding hydrogens is 318 g/mol. The number of hydrogen-bond acceptors (Lipinski definition) is 6. The summed E-state index contributed by atoms with van der Waals surface area (Å²) >= 11 is 1.52. The number of esters is 1. The minimum atomic E-state index is -0.294. The van der Waals surface area contributed by atoms with Gasteiger partial charge in [0, 0.05) is 31.6 Å². The monoisotopic (exact) mass is 337 g/mol. The lowest BCUT2D eigenvalue weighted by Gasteiger charge is -2.30. The molecule has 8 heteroatoms. The highest BCUT2D eigenvalue weighted by Crippen LogP contribution is 2.22. The van der Waals surface area contributed by atoms with E-state index in [4.69, 9.17) is 4.74 Å². The molecule has 0 bridgehead atoms. The van der Waals surface area contributed by atoms with Crippen molar-refractivity contribution in [2.75, 3.05) is 25.4 Å². The highest BCUT2D eigenvalue weighted by Gasteiger charge is 2.30. The fraction of sp³-hybridized carbons (Fsp3) is 0.600. The predicted octanol–water partition coefficient (Wildman–Crippen LogP) is 0.764. The SMILES string of the molecule is CCOC(=O)C1CCN(C(=O)c2cnc3n(c2=O)CCS3)CC1. The molecule has 1 aromatic heterocycles. The molecule has 0 aliphatic carbocycles. The third-order valence-electron chi connectivity index (χ3n) is 4.19. The lowest BCUT2D eigenvalue weighted by molar-refractivity contribution is -0.149. The molecule has 2 aliphatic heterocycles. The van der Waals surface area contributed by atoms with E-state index >= 15 is 0 Å². The van der Waals surface area contributed by atoms with E-state index in [0.717, 1.165) is 5.75 Å². The van der Waals surface area contributed by atoms with Gasteiger partial charge in [0.25, 0.3) is 11.5 Å². The number of carbonyl (C=O) groups is 2. The largest absolute Gasteiger partial charge is 0.466 e. The van der Waals surface area contributed by atoms with Crippen LogP contribution in [0.5, 0.6) is 0 Å². The molecule has 0 N–H and O–H groups in total. The average molecular weight is 337 g/mol. The number of nitrogens with zero attached hydrogens (tertiary/aromatic N) is 3. The third kappa shape index (κ3) is 3.12. The van der Waals surface area contributed by atoms with Gasteiger partial charge in [-0.15, -0.1) is 0 Å². The van der Waals surface area contributed by atoms with E-state index in [1.165, 1.54) is 18.0 Å². The lowest BCUT2D eigenvalue weighted by atomic mass is 9.96. The Hall–Kier alpha value is -1.83. The summed E-state index contributed by atoms with van der Waals surface area (Å²) < 4.78 is 6.58. The zero-order valence-corrected chi connectivity index (χ0v) is 13.8. The van der Waals surface area contributed by atoms with Crippen LogP contribution in [0.15, 0.2) is 16.1 Å². The van der Waals surface area contributed by atoms with Crippen molar-refractivity contribution in [3.8, 4) is 0 Å². The van der Waals surface area contributed by atoms with E-state index < -0.39 is 0 Å². The number of piperidine rings is 1. The summed E-state index contributed by atoms with van der Waals surface area (Å²) in [5.74, 6) is 0.160. The fourth-order valence-electron chi connectivity index (χ4n) is 2.91. The molecule has 7 nitrogen and oxygen atoms in total. The van der Waals surface area contributed by atoms with Crippen molar-refractivity contribution in [1.82, 2.24) is 14.5 Å². The van der Waals surface area contributed by atoms with Gasteiger partial charge in [-0.2, -0.15) is 0 Å². The number of fused-ring (bicyclic) bond motifs is 1. The molecule has 0 aromatic carbocycles. The van der Waals surface area contributed by atoms with Gasteiger partial charge in [0.05, 0.1) is 12.5 Å². The summed E-state index contributed by atoms with van der Waals surface area (Å²) in [6.45, 7) is 3.66. The van der Waals surface area contributed by atoms with Crippen molar-refractivity contribution in [3.63, 3.8) is 0 Å². The second kappa shape index (κ2) is 6.74. The first kappa shape index (κ1) is 16.0. The molecule has 0 unspecified atom stereocenters. The number of hydrogen-bond donors (Lipinski definition) is 0. The third-order valence-corrected chi connectivity index (χ3v) is 5.16. The Morgan fingerprint density at radius 1 is 1.35 bits per heavy atom. The van der Waals surface area contributed by atoms with E-state index in [0.29, 0.717) is 44.2 Å². The smallest absolute Gasteiger partial charge is 0.309 e. The predicted molar refractivity (Wildman–Crippen MR) is 84.5 cm³/mol. The number of likely N-dealkylation sites (tertiary alicyclic amines) is 1. The Morgan fingerprint density at radius 3 is 2.78 bits per heavy atom. The maximum absolute atomic E-state index is 12.6. The van der Waals surface area contributed by atoms with Crippen LogP contribution in [-0.4, -0.2) is 51.8 Å². The van der Waals surface area contributed by atoms with Crippen LogP contribution in [0.1, 0.15) is 30.1 Å². The van der Waals surface area contributed by atoms with Crippen molar-refractivity contribution in [2.24, 2.45) is 5.92 Å². The fourth-order valence-corrected chi connectivity index (χ4v) is 3.83. The summed E-state index contributed by atoms with van der Waals surface area (Å²) in [6.07, 6.45) is 2.52. The van der Waals surface area contributed by atoms with Gasteiger partial charge in [0.2, 0.25) is 0 Å². The van der Waals surface area contributed by atoms with Gasteiger partial charge in [-0.3, -0.25) is 19.0 Å². The number of ether oxygens (including phenoxy) is 1. The first-order chi connectivity index (χ1) is 11.1. The zero-order chi connectivity index (χ0) is 16.4. The van der Waals surface area contributed by atoms with Crippen LogP contribution < -0.4 is 5.56 Å². The number of carbonyl (C=O) groups excluding carboxylic acids is 2. The Morgan fingerprint density at radius 2 is 2.09 bits per heavy atom. The van der Waals surface area contributed by atoms with Crippen LogP contribution in [0.4, 0.5) is 0 Å². The van der Waals surface area contributed by atoms with Gasteiger partial charge in [-0.1, -0.05) is 11.8 Å². The topological polar surface area (TPSA) is 81.5 Å². The maximum atomic E-state index is 12.6. The molecule has 1 fully saturated rings. The quantitative estimate of drug-likeness (QED) is 0.598. The van der Waals surface area contributed by atoms with Crippen molar-refractivity contribution in [2.45, 2.75) is 31.5 Å². The van der Waals surface area contributed by atoms with Gasteiger partial charge >= 0.3 is 5.97 Å². The van der Waals surface area contributed by atoms with Gasteiger partial charge in [0.15, 0.2) is 5.16 Å². The maximum Gasteiger partial charge on any atom is 0.309 e. The van der Waals surface area contributed by atoms with Crippen LogP contribution in [0.25, 0.3) is 0 Å². The van der Waals surface area contributed by atoms with Crippen molar-refractivity contribution in [3.05, 3.63) is 22.1 Å². The van der Waals surface area contributed by atoms with Crippen molar-refractivity contribution < 1.29 is 14.3 Å². The second-order valence-corrected chi connectivity index (χ2v) is 6.64. The van der Waals surface area contributed by atoms with Crippen LogP contribution in [0.2, 0.25) is 0 Å². The highest BCUT2D eigenvalue weighted by atomic mass is 32.2. The number of rotatable bonds is 3. The molecule has 2 aliphatic rings. The van der Waals surface area contributed by atoms with E-state index in [1.807, 2.05) is 0 Å². The molecule has 23 heavy (non-hydrogen) atoms. The summed E-state index contributed by atoms with van der Waals surface area (Å²) in [6, 6.07) is 0. The molecule has 0 radical (unpaired) electrons. The minimum absolute atomic E-state index is 0.117. The van der Waals surface area contributed by atoms with Crippen molar-refractivity contribution in [1.29, 1.82) is 0 Å². The van der Waals surface area contributed by atoms with Crippen molar-refractivity contribution >= 4 is 23.6 Å². The number of amides is 1. The summed E-state index contributed by atoms with van der Waals surface area (Å²) in [5, 5.41) is 0.674. The second-order valence-electron chi connectivity index (χ2n) is 5.58. The Labute approximate surface area is 138 Å². The summed E-state index contributed by atoms with van der Waals surface area (Å²) in [4.78, 5) is 42.5. The average Bonchev–Trinajstić information content (AvgIpc) is 3.04. The van der Waals surface area contributed by atoms with Crippen LogP contribution in [0.3, 0.4) is 0 Å². The van der Waals surface area contributed by atoms with Gasteiger partial charge < -0.3 is 9.64 Å². The first-order valence-corrected chi connectivity index (χ1v) is 8.79. The Balaban J connectivity index is 1.69. The molecule has 124 valence electrons. The summed E-state index contributed by atoms with van der Waals surface area (Å²) in [7, 11) is 0. The highest BCUT2D eigenvalue weighted by molar-refractivity contribution is 7.99. The number of aromatic nitrogens is 2. The molecule has 0 spiro atoms. The summed E-state index contributed by atoms with van der Waals surface area (Å²) in [5.41, 5.74) is -0.150. The van der Waals surface area contributed by atoms with Crippen LogP contribution in [-0.2, 0) is 16.1 Å². The molecule has 1 saturated heterocycles. The van der Waals surface area contributed by atoms with Gasteiger partial charge in [-0.05, 0) is 19.8 Å². The van der Waals surface area contributed by atoms with E-state index in [9.17, 15) is 14.4 Å². The van der Waals surface area contributed by atoms with Gasteiger partial charge in [0.1, 0.15) is 5.56 Å². The molecule has 3 heterocycles. The zero-order valence-electron chi connectivity index (χ0n) is 13.0. The normalized spacial score (nSPS) is 17.9. The molecule has 1 amide bonds. The Kier molecular flexibility index (Phi) is 4.70. The lowest BCUT2D eigenvalue weighted by Crippen LogP contribution is -2.43. The van der Waals surface area contributed by atoms with Gasteiger partial charge in [-0.25, -0.2) is 4.98 Å². The van der Waals surface area contributed by atoms with E-state index in [1.54, 1.807) is 16.4 Å². The van der Waals surface area contributed by atoms with E-state index in [2.05, 4.69) is 4.98 Å².